The lowest BCUT2D eigenvalue weighted by Crippen LogP contribution is -2.26. The van der Waals surface area contributed by atoms with Gasteiger partial charge in [0.2, 0.25) is 0 Å². The molecule has 124 valence electrons. The van der Waals surface area contributed by atoms with E-state index in [9.17, 15) is 9.59 Å². The summed E-state index contributed by atoms with van der Waals surface area (Å²) in [5, 5.41) is 2.24. The van der Waals surface area contributed by atoms with Crippen molar-refractivity contribution in [1.29, 1.82) is 0 Å². The maximum atomic E-state index is 12.1. The molecule has 5 heteroatoms. The number of benzene rings is 2. The lowest BCUT2D eigenvalue weighted by atomic mass is 10.0. The first-order chi connectivity index (χ1) is 11.5. The van der Waals surface area contributed by atoms with Crippen molar-refractivity contribution in [3.05, 3.63) is 52.4 Å². The molecule has 0 saturated carbocycles. The molecule has 0 radical (unpaired) electrons. The zero-order chi connectivity index (χ0) is 17.3. The molecule has 0 saturated heterocycles. The van der Waals surface area contributed by atoms with Gasteiger partial charge in [-0.05, 0) is 38.5 Å². The van der Waals surface area contributed by atoms with Crippen molar-refractivity contribution in [3.63, 3.8) is 0 Å². The van der Waals surface area contributed by atoms with E-state index in [1.807, 2.05) is 25.1 Å². The van der Waals surface area contributed by atoms with E-state index in [1.165, 1.54) is 0 Å². The van der Waals surface area contributed by atoms with E-state index in [0.717, 1.165) is 16.3 Å². The third kappa shape index (κ3) is 2.85. The fraction of sp³-hybridized carbons (Fsp3) is 0.263. The van der Waals surface area contributed by atoms with Crippen molar-refractivity contribution in [1.82, 2.24) is 0 Å². The summed E-state index contributed by atoms with van der Waals surface area (Å²) in [6.07, 6.45) is -0.742. The first kappa shape index (κ1) is 16.1. The highest BCUT2D eigenvalue weighted by atomic mass is 16.6. The summed E-state index contributed by atoms with van der Waals surface area (Å²) in [6, 6.07) is 10.8. The molecule has 0 bridgehead atoms. The lowest BCUT2D eigenvalue weighted by molar-refractivity contribution is -0.150. The van der Waals surface area contributed by atoms with Gasteiger partial charge < -0.3 is 13.9 Å². The number of rotatable bonds is 4. The van der Waals surface area contributed by atoms with Crippen LogP contribution < -0.4 is 10.4 Å². The Morgan fingerprint density at radius 3 is 2.62 bits per heavy atom. The molecule has 24 heavy (non-hydrogen) atoms. The van der Waals surface area contributed by atoms with Crippen molar-refractivity contribution in [2.75, 3.05) is 6.61 Å². The van der Waals surface area contributed by atoms with Gasteiger partial charge in [0.25, 0.3) is 0 Å². The van der Waals surface area contributed by atoms with Crippen molar-refractivity contribution in [3.8, 4) is 5.75 Å². The predicted molar refractivity (Wildman–Crippen MR) is 91.5 cm³/mol. The highest BCUT2D eigenvalue weighted by molar-refractivity contribution is 6.06. The van der Waals surface area contributed by atoms with E-state index in [4.69, 9.17) is 13.9 Å². The van der Waals surface area contributed by atoms with Crippen LogP contribution in [0.2, 0.25) is 0 Å². The molecule has 0 N–H and O–H groups in total. The molecule has 0 aliphatic rings. The van der Waals surface area contributed by atoms with Crippen LogP contribution in [0, 0.1) is 6.92 Å². The molecular weight excluding hydrogens is 308 g/mol. The van der Waals surface area contributed by atoms with Crippen LogP contribution in [0.15, 0.2) is 45.6 Å². The van der Waals surface area contributed by atoms with Crippen LogP contribution in [0.1, 0.15) is 19.4 Å². The SMILES string of the molecule is CCOC(=O)[C@H](C)Oc1cc(C)c2c(c1)oc(=O)c1ccccc12. The molecule has 0 fully saturated rings. The minimum atomic E-state index is -0.742. The van der Waals surface area contributed by atoms with Crippen molar-refractivity contribution in [2.24, 2.45) is 0 Å². The average molecular weight is 326 g/mol. The first-order valence-corrected chi connectivity index (χ1v) is 7.80. The highest BCUT2D eigenvalue weighted by Crippen LogP contribution is 2.30. The normalized spacial score (nSPS) is 12.3. The second kappa shape index (κ2) is 6.35. The standard InChI is InChI=1S/C19H18O5/c1-4-22-18(20)12(3)23-13-9-11(2)17-14-7-5-6-8-15(14)19(21)24-16(17)10-13/h5-10,12H,4H2,1-3H3/t12-/m0/s1. The fourth-order valence-electron chi connectivity index (χ4n) is 2.76. The minimum absolute atomic E-state index is 0.296. The van der Waals surface area contributed by atoms with Crippen LogP contribution in [0.5, 0.6) is 5.75 Å². The molecule has 0 unspecified atom stereocenters. The number of carbonyl (C=O) groups is 1. The largest absolute Gasteiger partial charge is 0.479 e. The Kier molecular flexibility index (Phi) is 4.25. The molecule has 0 spiro atoms. The Bertz CT molecular complexity index is 971. The van der Waals surface area contributed by atoms with Gasteiger partial charge in [-0.3, -0.25) is 0 Å². The topological polar surface area (TPSA) is 65.7 Å². The summed E-state index contributed by atoms with van der Waals surface area (Å²) in [6.45, 7) is 5.57. The molecule has 2 aromatic carbocycles. The zero-order valence-electron chi connectivity index (χ0n) is 13.8. The predicted octanol–water partition coefficient (Wildman–Crippen LogP) is 3.59. The van der Waals surface area contributed by atoms with Crippen LogP contribution in [-0.2, 0) is 9.53 Å². The maximum absolute atomic E-state index is 12.1. The molecule has 1 aromatic heterocycles. The van der Waals surface area contributed by atoms with Crippen LogP contribution >= 0.6 is 0 Å². The summed E-state index contributed by atoms with van der Waals surface area (Å²) in [5.74, 6) is 0.0224. The van der Waals surface area contributed by atoms with Crippen LogP contribution in [0.3, 0.4) is 0 Å². The first-order valence-electron chi connectivity index (χ1n) is 7.80. The van der Waals surface area contributed by atoms with E-state index in [0.29, 0.717) is 23.3 Å². The molecule has 0 aliphatic heterocycles. The van der Waals surface area contributed by atoms with Gasteiger partial charge in [-0.1, -0.05) is 18.2 Å². The molecule has 0 amide bonds. The lowest BCUT2D eigenvalue weighted by Gasteiger charge is -2.15. The monoisotopic (exact) mass is 326 g/mol. The minimum Gasteiger partial charge on any atom is -0.479 e. The number of fused-ring (bicyclic) bond motifs is 3. The Balaban J connectivity index is 2.09. The highest BCUT2D eigenvalue weighted by Gasteiger charge is 2.17. The molecule has 5 nitrogen and oxygen atoms in total. The maximum Gasteiger partial charge on any atom is 0.347 e. The number of esters is 1. The second-order valence-electron chi connectivity index (χ2n) is 5.56. The smallest absolute Gasteiger partial charge is 0.347 e. The summed E-state index contributed by atoms with van der Waals surface area (Å²) in [5.41, 5.74) is 0.941. The van der Waals surface area contributed by atoms with Gasteiger partial charge in [0, 0.05) is 16.8 Å². The van der Waals surface area contributed by atoms with Crippen molar-refractivity contribution in [2.45, 2.75) is 26.9 Å². The molecule has 0 aliphatic carbocycles. The second-order valence-corrected chi connectivity index (χ2v) is 5.56. The number of ether oxygens (including phenoxy) is 2. The van der Waals surface area contributed by atoms with E-state index in [1.54, 1.807) is 32.0 Å². The molecule has 1 heterocycles. The van der Waals surface area contributed by atoms with Gasteiger partial charge in [-0.25, -0.2) is 9.59 Å². The summed E-state index contributed by atoms with van der Waals surface area (Å²) in [7, 11) is 0. The van der Waals surface area contributed by atoms with Crippen LogP contribution in [-0.4, -0.2) is 18.7 Å². The third-order valence-electron chi connectivity index (χ3n) is 3.82. The van der Waals surface area contributed by atoms with Crippen molar-refractivity contribution < 1.29 is 18.7 Å². The van der Waals surface area contributed by atoms with E-state index < -0.39 is 17.7 Å². The molecule has 3 rings (SSSR count). The molecular formula is C19H18O5. The number of carbonyl (C=O) groups excluding carboxylic acids is 1. The molecule has 3 aromatic rings. The number of hydrogen-bond acceptors (Lipinski definition) is 5. The van der Waals surface area contributed by atoms with E-state index >= 15 is 0 Å². The molecule has 1 atom stereocenters. The van der Waals surface area contributed by atoms with Gasteiger partial charge >= 0.3 is 11.6 Å². The van der Waals surface area contributed by atoms with Crippen molar-refractivity contribution >= 4 is 27.7 Å². The Hall–Kier alpha value is -2.82. The zero-order valence-corrected chi connectivity index (χ0v) is 13.8. The Morgan fingerprint density at radius 2 is 1.92 bits per heavy atom. The number of aryl methyl sites for hydroxylation is 1. The van der Waals surface area contributed by atoms with Gasteiger partial charge in [0.05, 0.1) is 12.0 Å². The van der Waals surface area contributed by atoms with Crippen LogP contribution in [0.4, 0.5) is 0 Å². The Labute approximate surface area is 138 Å². The van der Waals surface area contributed by atoms with E-state index in [-0.39, 0.29) is 0 Å². The van der Waals surface area contributed by atoms with E-state index in [2.05, 4.69) is 0 Å². The van der Waals surface area contributed by atoms with Gasteiger partial charge in [0.15, 0.2) is 6.10 Å². The number of hydrogen-bond donors (Lipinski definition) is 0. The third-order valence-corrected chi connectivity index (χ3v) is 3.82. The summed E-state index contributed by atoms with van der Waals surface area (Å²) >= 11 is 0. The average Bonchev–Trinajstić information content (AvgIpc) is 2.54. The van der Waals surface area contributed by atoms with Gasteiger partial charge in [-0.2, -0.15) is 0 Å². The van der Waals surface area contributed by atoms with Gasteiger partial charge in [-0.15, -0.1) is 0 Å². The summed E-state index contributed by atoms with van der Waals surface area (Å²) < 4.78 is 16.0. The quantitative estimate of drug-likeness (QED) is 0.416. The fourth-order valence-corrected chi connectivity index (χ4v) is 2.76. The Morgan fingerprint density at radius 1 is 1.21 bits per heavy atom. The van der Waals surface area contributed by atoms with Crippen LogP contribution in [0.25, 0.3) is 21.7 Å². The van der Waals surface area contributed by atoms with Gasteiger partial charge in [0.1, 0.15) is 11.3 Å². The summed E-state index contributed by atoms with van der Waals surface area (Å²) in [4.78, 5) is 23.9.